The van der Waals surface area contributed by atoms with Gasteiger partial charge in [0.25, 0.3) is 0 Å². The van der Waals surface area contributed by atoms with Crippen LogP contribution < -0.4 is 0 Å². The monoisotopic (exact) mass is 380 g/mol. The predicted octanol–water partition coefficient (Wildman–Crippen LogP) is 3.82. The van der Waals surface area contributed by atoms with Crippen molar-refractivity contribution in [2.45, 2.75) is 32.3 Å². The third-order valence-corrected chi connectivity index (χ3v) is 5.95. The molecule has 136 valence electrons. The van der Waals surface area contributed by atoms with Crippen molar-refractivity contribution in [3.8, 4) is 10.7 Å². The van der Waals surface area contributed by atoms with Gasteiger partial charge in [-0.25, -0.2) is 14.8 Å². The summed E-state index contributed by atoms with van der Waals surface area (Å²) in [7, 11) is 0.272. The zero-order valence-corrected chi connectivity index (χ0v) is 16.9. The lowest BCUT2D eigenvalue weighted by atomic mass is 10.3. The van der Waals surface area contributed by atoms with Crippen LogP contribution in [0, 0.1) is 0 Å². The van der Waals surface area contributed by atoms with Crippen molar-refractivity contribution in [3.63, 3.8) is 0 Å². The maximum Gasteiger partial charge on any atom is 0.356 e. The lowest BCUT2D eigenvalue weighted by Crippen LogP contribution is -2.22. The Morgan fingerprint density at radius 3 is 2.72 bits per heavy atom. The van der Waals surface area contributed by atoms with Gasteiger partial charge >= 0.3 is 5.97 Å². The topological polar surface area (TPSA) is 70.5 Å². The first-order valence-electron chi connectivity index (χ1n) is 8.05. The second-order valence-electron chi connectivity index (χ2n) is 6.73. The number of carbonyl (C=O) groups is 1. The molecule has 0 aliphatic heterocycles. The smallest absolute Gasteiger partial charge is 0.356 e. The Labute approximate surface area is 153 Å². The van der Waals surface area contributed by atoms with Crippen molar-refractivity contribution < 1.29 is 19.0 Å². The van der Waals surface area contributed by atoms with E-state index in [9.17, 15) is 4.79 Å². The predicted molar refractivity (Wildman–Crippen MR) is 100 cm³/mol. The Bertz CT molecular complexity index is 700. The van der Waals surface area contributed by atoms with Crippen LogP contribution in [0.5, 0.6) is 0 Å². The summed E-state index contributed by atoms with van der Waals surface area (Å²) in [6.45, 7) is 8.35. The van der Waals surface area contributed by atoms with Crippen LogP contribution in [0.2, 0.25) is 25.7 Å². The minimum atomic E-state index is -1.06. The molecule has 0 bridgehead atoms. The quantitative estimate of drug-likeness (QED) is 0.285. The fourth-order valence-electron chi connectivity index (χ4n) is 1.91. The molecule has 0 unspecified atom stereocenters. The van der Waals surface area contributed by atoms with Crippen LogP contribution in [-0.4, -0.2) is 44.5 Å². The highest BCUT2D eigenvalue weighted by Gasteiger charge is 2.13. The molecule has 0 fully saturated rings. The van der Waals surface area contributed by atoms with Crippen LogP contribution in [0.15, 0.2) is 23.6 Å². The van der Waals surface area contributed by atoms with E-state index in [0.717, 1.165) is 23.4 Å². The second-order valence-corrected chi connectivity index (χ2v) is 13.2. The van der Waals surface area contributed by atoms with Crippen molar-refractivity contribution in [3.05, 3.63) is 35.0 Å². The van der Waals surface area contributed by atoms with Crippen molar-refractivity contribution in [2.75, 3.05) is 20.5 Å². The van der Waals surface area contributed by atoms with Crippen LogP contribution in [0.1, 0.15) is 16.2 Å². The van der Waals surface area contributed by atoms with Gasteiger partial charge in [-0.3, -0.25) is 0 Å². The normalized spacial score (nSPS) is 11.5. The Balaban J connectivity index is 1.83. The lowest BCUT2D eigenvalue weighted by molar-refractivity contribution is -0.0581. The van der Waals surface area contributed by atoms with Crippen molar-refractivity contribution in [1.29, 1.82) is 0 Å². The fraction of sp³-hybridized carbons (Fsp3) is 0.471. The van der Waals surface area contributed by atoms with Crippen molar-refractivity contribution in [1.82, 2.24) is 9.97 Å². The summed E-state index contributed by atoms with van der Waals surface area (Å²) < 4.78 is 15.7. The van der Waals surface area contributed by atoms with Gasteiger partial charge in [0.15, 0.2) is 0 Å². The number of ether oxygens (including phenoxy) is 3. The summed E-state index contributed by atoms with van der Waals surface area (Å²) in [6.07, 6.45) is 0. The first kappa shape index (κ1) is 19.7. The number of rotatable bonds is 9. The molecule has 0 aliphatic rings. The van der Waals surface area contributed by atoms with Crippen LogP contribution in [0.4, 0.5) is 0 Å². The molecule has 25 heavy (non-hydrogen) atoms. The van der Waals surface area contributed by atoms with Crippen LogP contribution in [-0.2, 0) is 20.8 Å². The van der Waals surface area contributed by atoms with Gasteiger partial charge in [0, 0.05) is 20.1 Å². The van der Waals surface area contributed by atoms with Gasteiger partial charge < -0.3 is 14.2 Å². The molecule has 2 rings (SSSR count). The Morgan fingerprint density at radius 2 is 2.00 bits per heavy atom. The molecule has 0 N–H and O–H groups in total. The van der Waals surface area contributed by atoms with Gasteiger partial charge in [0.1, 0.15) is 17.5 Å². The molecular formula is C17H24N2O4SSi. The van der Waals surface area contributed by atoms with E-state index in [1.165, 1.54) is 18.4 Å². The number of nitrogens with zero attached hydrogens (tertiary/aromatic N) is 2. The summed E-state index contributed by atoms with van der Waals surface area (Å²) >= 11 is 1.46. The van der Waals surface area contributed by atoms with Crippen molar-refractivity contribution >= 4 is 25.4 Å². The largest absolute Gasteiger partial charge is 0.464 e. The summed E-state index contributed by atoms with van der Waals surface area (Å²) in [5.74, 6) is -0.461. The van der Waals surface area contributed by atoms with E-state index in [1.807, 2.05) is 11.4 Å². The first-order valence-corrected chi connectivity index (χ1v) is 12.6. The Morgan fingerprint density at radius 1 is 1.20 bits per heavy atom. The lowest BCUT2D eigenvalue weighted by Gasteiger charge is -2.15. The highest BCUT2D eigenvalue weighted by atomic mass is 32.1. The number of hydrogen-bond donors (Lipinski definition) is 0. The third kappa shape index (κ3) is 6.66. The number of esters is 1. The number of aromatic nitrogens is 2. The van der Waals surface area contributed by atoms with E-state index in [1.54, 1.807) is 12.1 Å². The zero-order valence-electron chi connectivity index (χ0n) is 15.1. The van der Waals surface area contributed by atoms with Crippen LogP contribution in [0.25, 0.3) is 10.7 Å². The highest BCUT2D eigenvalue weighted by Crippen LogP contribution is 2.22. The number of hydrogen-bond acceptors (Lipinski definition) is 7. The molecule has 0 saturated carbocycles. The summed E-state index contributed by atoms with van der Waals surface area (Å²) in [4.78, 5) is 20.3. The Hall–Kier alpha value is -1.61. The van der Waals surface area contributed by atoms with E-state index in [-0.39, 0.29) is 12.5 Å². The number of pyridine rings is 1. The molecule has 0 aliphatic carbocycles. The fourth-order valence-corrected chi connectivity index (χ4v) is 3.43. The minimum Gasteiger partial charge on any atom is -0.464 e. The minimum absolute atomic E-state index is 0.267. The Kier molecular flexibility index (Phi) is 7.24. The maximum atomic E-state index is 11.6. The molecule has 2 heterocycles. The molecule has 6 nitrogen and oxygen atoms in total. The molecule has 0 radical (unpaired) electrons. The standard InChI is InChI=1S/C17H24N2O4SSi/c1-21-17(20)15-7-5-6-14(19-15)16-18-13(11-24-16)10-23-12-22-8-9-25(2,3)4/h5-7,11H,8-10,12H2,1-4H3. The molecule has 2 aromatic rings. The molecule has 0 amide bonds. The number of methoxy groups -OCH3 is 1. The molecule has 0 atom stereocenters. The third-order valence-electron chi connectivity index (χ3n) is 3.33. The first-order chi connectivity index (χ1) is 11.9. The van der Waals surface area contributed by atoms with Gasteiger partial charge in [-0.1, -0.05) is 25.7 Å². The van der Waals surface area contributed by atoms with E-state index in [0.29, 0.717) is 12.3 Å². The van der Waals surface area contributed by atoms with Gasteiger partial charge in [0.05, 0.1) is 25.1 Å². The van der Waals surface area contributed by atoms with Crippen LogP contribution in [0.3, 0.4) is 0 Å². The van der Waals surface area contributed by atoms with E-state index in [2.05, 4.69) is 34.3 Å². The van der Waals surface area contributed by atoms with E-state index >= 15 is 0 Å². The number of carbonyl (C=O) groups excluding carboxylic acids is 1. The molecule has 2 aromatic heterocycles. The summed E-state index contributed by atoms with van der Waals surface area (Å²) in [6, 6.07) is 6.32. The van der Waals surface area contributed by atoms with Gasteiger partial charge in [-0.15, -0.1) is 11.3 Å². The van der Waals surface area contributed by atoms with Gasteiger partial charge in [-0.2, -0.15) is 0 Å². The maximum absolute atomic E-state index is 11.6. The van der Waals surface area contributed by atoms with Gasteiger partial charge in [-0.05, 0) is 18.2 Å². The van der Waals surface area contributed by atoms with E-state index < -0.39 is 14.0 Å². The summed E-state index contributed by atoms with van der Waals surface area (Å²) in [5, 5.41) is 2.66. The second kappa shape index (κ2) is 9.19. The van der Waals surface area contributed by atoms with Crippen molar-refractivity contribution in [2.24, 2.45) is 0 Å². The van der Waals surface area contributed by atoms with E-state index in [4.69, 9.17) is 9.47 Å². The SMILES string of the molecule is COC(=O)c1cccc(-c2nc(COCOCC[Si](C)(C)C)cs2)n1. The molecule has 0 aromatic carbocycles. The molecular weight excluding hydrogens is 356 g/mol. The van der Waals surface area contributed by atoms with Gasteiger partial charge in [0.2, 0.25) is 0 Å². The molecule has 0 saturated heterocycles. The zero-order chi connectivity index (χ0) is 18.3. The summed E-state index contributed by atoms with van der Waals surface area (Å²) in [5.41, 5.74) is 1.73. The van der Waals surface area contributed by atoms with Crippen LogP contribution >= 0.6 is 11.3 Å². The average Bonchev–Trinajstić information content (AvgIpc) is 3.05. The molecule has 0 spiro atoms. The number of thiazole rings is 1. The highest BCUT2D eigenvalue weighted by molar-refractivity contribution is 7.13. The average molecular weight is 381 g/mol. The molecule has 8 heteroatoms.